The van der Waals surface area contributed by atoms with Crippen LogP contribution in [0.3, 0.4) is 0 Å². The molecule has 4 rings (SSSR count). The number of thiophene rings is 1. The topological polar surface area (TPSA) is 62.3 Å². The monoisotopic (exact) mass is 365 g/mol. The van der Waals surface area contributed by atoms with E-state index in [9.17, 15) is 9.59 Å². The van der Waals surface area contributed by atoms with Crippen LogP contribution in [0.25, 0.3) is 10.1 Å². The minimum atomic E-state index is -0.295. The number of nitrogens with one attached hydrogen (secondary N) is 1. The van der Waals surface area contributed by atoms with E-state index in [-0.39, 0.29) is 24.2 Å². The normalized spacial score (nSPS) is 17.0. The van der Waals surface area contributed by atoms with Gasteiger partial charge in [-0.25, -0.2) is 0 Å². The number of hydrogen-bond donors (Lipinski definition) is 1. The number of nitrogens with zero attached hydrogens (tertiary/aromatic N) is 2. The van der Waals surface area contributed by atoms with Gasteiger partial charge in [-0.15, -0.1) is 11.3 Å². The van der Waals surface area contributed by atoms with Crippen LogP contribution in [0.2, 0.25) is 0 Å². The summed E-state index contributed by atoms with van der Waals surface area (Å²) in [5, 5.41) is 6.23. The lowest BCUT2D eigenvalue weighted by Crippen LogP contribution is -2.32. The maximum Gasteiger partial charge on any atom is 0.225 e. The molecule has 1 atom stereocenters. The standard InChI is InChI=1S/C20H19N3O2S/c24-19-10-16(12-23(19)13-17-3-1-2-7-21-17)20(25)22-11-14-4-5-18-15(9-14)6-8-26-18/h1-9,16H,10-13H2,(H,22,25)/t16-/m0/s1. The molecule has 0 saturated carbocycles. The highest BCUT2D eigenvalue weighted by atomic mass is 32.1. The number of hydrogen-bond acceptors (Lipinski definition) is 4. The van der Waals surface area contributed by atoms with Crippen LogP contribution in [0.15, 0.2) is 54.0 Å². The van der Waals surface area contributed by atoms with E-state index >= 15 is 0 Å². The van der Waals surface area contributed by atoms with E-state index in [2.05, 4.69) is 33.9 Å². The van der Waals surface area contributed by atoms with Gasteiger partial charge in [-0.1, -0.05) is 12.1 Å². The summed E-state index contributed by atoms with van der Waals surface area (Å²) in [5.41, 5.74) is 1.91. The quantitative estimate of drug-likeness (QED) is 0.756. The van der Waals surface area contributed by atoms with Crippen molar-refractivity contribution in [2.45, 2.75) is 19.5 Å². The number of carbonyl (C=O) groups is 2. The molecule has 5 nitrogen and oxygen atoms in total. The predicted molar refractivity (Wildman–Crippen MR) is 101 cm³/mol. The number of aromatic nitrogens is 1. The maximum absolute atomic E-state index is 12.5. The smallest absolute Gasteiger partial charge is 0.225 e. The average Bonchev–Trinajstić information content (AvgIpc) is 3.27. The number of rotatable bonds is 5. The lowest BCUT2D eigenvalue weighted by molar-refractivity contribution is -0.129. The average molecular weight is 365 g/mol. The third kappa shape index (κ3) is 3.60. The summed E-state index contributed by atoms with van der Waals surface area (Å²) in [6.45, 7) is 1.39. The molecule has 1 aromatic carbocycles. The Hall–Kier alpha value is -2.73. The number of benzene rings is 1. The number of fused-ring (bicyclic) bond motifs is 1. The van der Waals surface area contributed by atoms with Gasteiger partial charge in [0.15, 0.2) is 0 Å². The molecule has 1 N–H and O–H groups in total. The number of carbonyl (C=O) groups excluding carboxylic acids is 2. The van der Waals surface area contributed by atoms with Crippen molar-refractivity contribution in [3.05, 3.63) is 65.3 Å². The summed E-state index contributed by atoms with van der Waals surface area (Å²) in [4.78, 5) is 30.6. The first-order valence-electron chi connectivity index (χ1n) is 8.60. The van der Waals surface area contributed by atoms with Crippen molar-refractivity contribution in [1.29, 1.82) is 0 Å². The molecule has 132 valence electrons. The van der Waals surface area contributed by atoms with Crippen molar-refractivity contribution < 1.29 is 9.59 Å². The van der Waals surface area contributed by atoms with Gasteiger partial charge in [0.2, 0.25) is 11.8 Å². The lowest BCUT2D eigenvalue weighted by Gasteiger charge is -2.16. The fourth-order valence-corrected chi connectivity index (χ4v) is 4.02. The van der Waals surface area contributed by atoms with Crippen molar-refractivity contribution in [2.75, 3.05) is 6.54 Å². The van der Waals surface area contributed by atoms with Gasteiger partial charge in [-0.2, -0.15) is 0 Å². The van der Waals surface area contributed by atoms with Gasteiger partial charge in [0.05, 0.1) is 18.2 Å². The van der Waals surface area contributed by atoms with Crippen molar-refractivity contribution >= 4 is 33.2 Å². The molecule has 1 saturated heterocycles. The van der Waals surface area contributed by atoms with E-state index < -0.39 is 0 Å². The molecular weight excluding hydrogens is 346 g/mol. The molecule has 3 aromatic rings. The highest BCUT2D eigenvalue weighted by Crippen LogP contribution is 2.22. The van der Waals surface area contributed by atoms with Crippen LogP contribution < -0.4 is 5.32 Å². The summed E-state index contributed by atoms with van der Waals surface area (Å²) < 4.78 is 1.24. The Morgan fingerprint density at radius 3 is 3.04 bits per heavy atom. The van der Waals surface area contributed by atoms with Gasteiger partial charge >= 0.3 is 0 Å². The van der Waals surface area contributed by atoms with Crippen LogP contribution >= 0.6 is 11.3 Å². The second-order valence-electron chi connectivity index (χ2n) is 6.51. The largest absolute Gasteiger partial charge is 0.352 e. The molecule has 0 unspecified atom stereocenters. The summed E-state index contributed by atoms with van der Waals surface area (Å²) in [6.07, 6.45) is 1.98. The van der Waals surface area contributed by atoms with Crippen LogP contribution in [-0.4, -0.2) is 28.2 Å². The molecule has 3 heterocycles. The highest BCUT2D eigenvalue weighted by Gasteiger charge is 2.34. The molecule has 26 heavy (non-hydrogen) atoms. The first-order valence-corrected chi connectivity index (χ1v) is 9.48. The first-order chi connectivity index (χ1) is 12.7. The van der Waals surface area contributed by atoms with Crippen LogP contribution in [0.4, 0.5) is 0 Å². The molecule has 1 aliphatic heterocycles. The molecular formula is C20H19N3O2S. The van der Waals surface area contributed by atoms with Gasteiger partial charge in [0, 0.05) is 30.4 Å². The zero-order valence-corrected chi connectivity index (χ0v) is 15.0. The molecule has 2 amide bonds. The van der Waals surface area contributed by atoms with Crippen LogP contribution in [-0.2, 0) is 22.7 Å². The van der Waals surface area contributed by atoms with Crippen LogP contribution in [0, 0.1) is 5.92 Å². The van der Waals surface area contributed by atoms with Crippen molar-refractivity contribution in [1.82, 2.24) is 15.2 Å². The van der Waals surface area contributed by atoms with Gasteiger partial charge < -0.3 is 10.2 Å². The van der Waals surface area contributed by atoms with E-state index in [0.717, 1.165) is 11.3 Å². The van der Waals surface area contributed by atoms with E-state index in [0.29, 0.717) is 19.6 Å². The van der Waals surface area contributed by atoms with Gasteiger partial charge in [-0.05, 0) is 46.7 Å². The lowest BCUT2D eigenvalue weighted by atomic mass is 10.1. The zero-order chi connectivity index (χ0) is 17.9. The summed E-state index contributed by atoms with van der Waals surface area (Å²) in [5.74, 6) is -0.348. The van der Waals surface area contributed by atoms with Gasteiger partial charge in [-0.3, -0.25) is 14.6 Å². The molecule has 1 aliphatic rings. The Morgan fingerprint density at radius 2 is 2.19 bits per heavy atom. The Balaban J connectivity index is 1.34. The Kier molecular flexibility index (Phi) is 4.67. The van der Waals surface area contributed by atoms with Gasteiger partial charge in [0.1, 0.15) is 0 Å². The third-order valence-corrected chi connectivity index (χ3v) is 5.55. The summed E-state index contributed by atoms with van der Waals surface area (Å²) >= 11 is 1.71. The SMILES string of the molecule is O=C(NCc1ccc2sccc2c1)[C@H]1CC(=O)N(Cc2ccccn2)C1. The second kappa shape index (κ2) is 7.25. The number of amides is 2. The molecule has 6 heteroatoms. The zero-order valence-electron chi connectivity index (χ0n) is 14.2. The molecule has 0 spiro atoms. The van der Waals surface area contributed by atoms with Crippen molar-refractivity contribution in [2.24, 2.45) is 5.92 Å². The molecule has 1 fully saturated rings. The minimum Gasteiger partial charge on any atom is -0.352 e. The second-order valence-corrected chi connectivity index (χ2v) is 7.45. The third-order valence-electron chi connectivity index (χ3n) is 4.65. The maximum atomic E-state index is 12.5. The van der Waals surface area contributed by atoms with E-state index in [1.807, 2.05) is 24.3 Å². The van der Waals surface area contributed by atoms with Gasteiger partial charge in [0.25, 0.3) is 0 Å². The Morgan fingerprint density at radius 1 is 1.27 bits per heavy atom. The fourth-order valence-electron chi connectivity index (χ4n) is 3.25. The first kappa shape index (κ1) is 16.7. The van der Waals surface area contributed by atoms with E-state index in [4.69, 9.17) is 0 Å². The van der Waals surface area contributed by atoms with Crippen molar-refractivity contribution in [3.8, 4) is 0 Å². The molecule has 0 aliphatic carbocycles. The minimum absolute atomic E-state index is 0.00972. The Labute approximate surface area is 155 Å². The molecule has 0 bridgehead atoms. The highest BCUT2D eigenvalue weighted by molar-refractivity contribution is 7.17. The Bertz CT molecular complexity index is 938. The predicted octanol–water partition coefficient (Wildman–Crippen LogP) is 2.96. The van der Waals surface area contributed by atoms with Crippen molar-refractivity contribution in [3.63, 3.8) is 0 Å². The molecule has 0 radical (unpaired) electrons. The van der Waals surface area contributed by atoms with E-state index in [1.165, 1.54) is 10.1 Å². The molecule has 2 aromatic heterocycles. The van der Waals surface area contributed by atoms with Crippen LogP contribution in [0.5, 0.6) is 0 Å². The van der Waals surface area contributed by atoms with E-state index in [1.54, 1.807) is 22.4 Å². The summed E-state index contributed by atoms with van der Waals surface area (Å²) in [6, 6.07) is 13.9. The number of likely N-dealkylation sites (tertiary alicyclic amines) is 1. The fraction of sp³-hybridized carbons (Fsp3) is 0.250. The summed E-state index contributed by atoms with van der Waals surface area (Å²) in [7, 11) is 0. The number of pyridine rings is 1. The van der Waals surface area contributed by atoms with Crippen LogP contribution in [0.1, 0.15) is 17.7 Å².